The van der Waals surface area contributed by atoms with Gasteiger partial charge in [0, 0.05) is 11.6 Å². The largest absolute Gasteiger partial charge is 0.507 e. The summed E-state index contributed by atoms with van der Waals surface area (Å²) in [5.74, 6) is -0.273. The zero-order chi connectivity index (χ0) is 16.8. The van der Waals surface area contributed by atoms with E-state index < -0.39 is 5.97 Å². The predicted molar refractivity (Wildman–Crippen MR) is 89.8 cm³/mol. The Morgan fingerprint density at radius 1 is 1.17 bits per heavy atom. The van der Waals surface area contributed by atoms with Gasteiger partial charge in [-0.2, -0.15) is 0 Å². The average molecular weight is 312 g/mol. The molecule has 1 N–H and O–H groups in total. The quantitative estimate of drug-likeness (QED) is 0.847. The molecule has 0 radical (unpaired) electrons. The molecule has 0 fully saturated rings. The van der Waals surface area contributed by atoms with E-state index in [1.165, 1.54) is 20.3 Å². The Morgan fingerprint density at radius 2 is 1.87 bits per heavy atom. The second-order valence-corrected chi connectivity index (χ2v) is 4.95. The summed E-state index contributed by atoms with van der Waals surface area (Å²) in [7, 11) is 2.81. The molecule has 0 unspecified atom stereocenters. The third kappa shape index (κ3) is 3.54. The van der Waals surface area contributed by atoms with Crippen LogP contribution < -0.4 is 4.74 Å². The molecule has 0 saturated heterocycles. The fourth-order valence-electron chi connectivity index (χ4n) is 2.45. The Kier molecular flexibility index (Phi) is 5.41. The van der Waals surface area contributed by atoms with Gasteiger partial charge in [0.1, 0.15) is 17.1 Å². The highest BCUT2D eigenvalue weighted by molar-refractivity contribution is 6.00. The number of ether oxygens (including phenoxy) is 2. The van der Waals surface area contributed by atoms with Crippen LogP contribution in [0.5, 0.6) is 11.5 Å². The topological polar surface area (TPSA) is 55.8 Å². The first-order valence-electron chi connectivity index (χ1n) is 7.37. The third-order valence-corrected chi connectivity index (χ3v) is 3.50. The van der Waals surface area contributed by atoms with Gasteiger partial charge in [-0.15, -0.1) is 0 Å². The SMILES string of the molecule is CC/C=C(\c1ccccc1)c1cc(OC)cc(O)c1C(=O)OC. The Morgan fingerprint density at radius 3 is 2.43 bits per heavy atom. The Hall–Kier alpha value is -2.75. The van der Waals surface area contributed by atoms with Gasteiger partial charge < -0.3 is 14.6 Å². The Labute approximate surface area is 136 Å². The number of hydrogen-bond acceptors (Lipinski definition) is 4. The standard InChI is InChI=1S/C19H20O4/c1-4-8-15(13-9-6-5-7-10-13)16-11-14(22-2)12-17(20)18(16)19(21)23-3/h5-12,20H,4H2,1-3H3/b15-8+. The molecule has 0 spiro atoms. The molecule has 0 saturated carbocycles. The number of benzene rings is 2. The summed E-state index contributed by atoms with van der Waals surface area (Å²) in [5.41, 5.74) is 2.52. The van der Waals surface area contributed by atoms with Gasteiger partial charge in [-0.25, -0.2) is 4.79 Å². The molecular formula is C19H20O4. The van der Waals surface area contributed by atoms with Crippen molar-refractivity contribution >= 4 is 11.5 Å². The molecular weight excluding hydrogens is 292 g/mol. The van der Waals surface area contributed by atoms with Crippen LogP contribution in [0.15, 0.2) is 48.5 Å². The van der Waals surface area contributed by atoms with Crippen LogP contribution >= 0.6 is 0 Å². The van der Waals surface area contributed by atoms with E-state index in [2.05, 4.69) is 0 Å². The highest BCUT2D eigenvalue weighted by atomic mass is 16.5. The molecule has 0 aliphatic carbocycles. The summed E-state index contributed by atoms with van der Waals surface area (Å²) < 4.78 is 10.1. The second-order valence-electron chi connectivity index (χ2n) is 4.95. The van der Waals surface area contributed by atoms with Gasteiger partial charge in [0.25, 0.3) is 0 Å². The molecule has 0 aliphatic heterocycles. The molecule has 0 aromatic heterocycles. The van der Waals surface area contributed by atoms with E-state index in [1.807, 2.05) is 43.3 Å². The Balaban J connectivity index is 2.74. The first-order chi connectivity index (χ1) is 11.1. The van der Waals surface area contributed by atoms with E-state index in [-0.39, 0.29) is 11.3 Å². The van der Waals surface area contributed by atoms with Crippen LogP contribution in [0.2, 0.25) is 0 Å². The van der Waals surface area contributed by atoms with Crippen LogP contribution in [0.4, 0.5) is 0 Å². The average Bonchev–Trinajstić information content (AvgIpc) is 2.59. The van der Waals surface area contributed by atoms with E-state index in [9.17, 15) is 9.90 Å². The molecule has 0 heterocycles. The second kappa shape index (κ2) is 7.49. The zero-order valence-corrected chi connectivity index (χ0v) is 13.5. The molecule has 4 heteroatoms. The molecule has 0 bridgehead atoms. The predicted octanol–water partition coefficient (Wildman–Crippen LogP) is 4.03. The Bertz CT molecular complexity index is 718. The van der Waals surface area contributed by atoms with Crippen molar-refractivity contribution in [3.05, 3.63) is 65.2 Å². The maximum absolute atomic E-state index is 12.1. The molecule has 0 atom stereocenters. The normalized spacial score (nSPS) is 11.2. The number of rotatable bonds is 5. The molecule has 120 valence electrons. The summed E-state index contributed by atoms with van der Waals surface area (Å²) >= 11 is 0. The van der Waals surface area contributed by atoms with Gasteiger partial charge in [-0.3, -0.25) is 0 Å². The van der Waals surface area contributed by atoms with Crippen molar-refractivity contribution in [2.24, 2.45) is 0 Å². The molecule has 4 nitrogen and oxygen atoms in total. The van der Waals surface area contributed by atoms with Crippen molar-refractivity contribution in [1.29, 1.82) is 0 Å². The number of aromatic hydroxyl groups is 1. The first-order valence-corrected chi connectivity index (χ1v) is 7.37. The monoisotopic (exact) mass is 312 g/mol. The number of hydrogen-bond donors (Lipinski definition) is 1. The summed E-state index contributed by atoms with van der Waals surface area (Å²) in [5, 5.41) is 10.3. The minimum Gasteiger partial charge on any atom is -0.507 e. The summed E-state index contributed by atoms with van der Waals surface area (Å²) in [6, 6.07) is 12.8. The number of allylic oxidation sites excluding steroid dienone is 1. The number of esters is 1. The van der Waals surface area contributed by atoms with E-state index in [4.69, 9.17) is 9.47 Å². The molecule has 2 aromatic carbocycles. The van der Waals surface area contributed by atoms with E-state index in [0.29, 0.717) is 11.3 Å². The van der Waals surface area contributed by atoms with Crippen molar-refractivity contribution in [2.75, 3.05) is 14.2 Å². The number of carbonyl (C=O) groups excluding carboxylic acids is 1. The van der Waals surface area contributed by atoms with Gasteiger partial charge in [0.15, 0.2) is 0 Å². The lowest BCUT2D eigenvalue weighted by Crippen LogP contribution is -2.07. The maximum atomic E-state index is 12.1. The van der Waals surface area contributed by atoms with Crippen LogP contribution in [0.1, 0.15) is 34.8 Å². The lowest BCUT2D eigenvalue weighted by molar-refractivity contribution is 0.0597. The molecule has 2 rings (SSSR count). The summed E-state index contributed by atoms with van der Waals surface area (Å²) in [6.07, 6.45) is 2.79. The first kappa shape index (κ1) is 16.6. The van der Waals surface area contributed by atoms with Crippen LogP contribution in [0.25, 0.3) is 5.57 Å². The van der Waals surface area contributed by atoms with Crippen LogP contribution in [-0.4, -0.2) is 25.3 Å². The van der Waals surface area contributed by atoms with Crippen LogP contribution in [0.3, 0.4) is 0 Å². The van der Waals surface area contributed by atoms with E-state index in [1.54, 1.807) is 6.07 Å². The van der Waals surface area contributed by atoms with Crippen LogP contribution in [0, 0.1) is 0 Å². The van der Waals surface area contributed by atoms with Crippen molar-refractivity contribution < 1.29 is 19.4 Å². The van der Waals surface area contributed by atoms with Gasteiger partial charge in [-0.05, 0) is 23.6 Å². The molecule has 23 heavy (non-hydrogen) atoms. The van der Waals surface area contributed by atoms with Gasteiger partial charge in [0.05, 0.1) is 14.2 Å². The zero-order valence-electron chi connectivity index (χ0n) is 13.5. The highest BCUT2D eigenvalue weighted by Crippen LogP contribution is 2.35. The van der Waals surface area contributed by atoms with Crippen molar-refractivity contribution in [1.82, 2.24) is 0 Å². The van der Waals surface area contributed by atoms with Crippen molar-refractivity contribution in [3.8, 4) is 11.5 Å². The lowest BCUT2D eigenvalue weighted by Gasteiger charge is -2.15. The molecule has 2 aromatic rings. The van der Waals surface area contributed by atoms with Crippen molar-refractivity contribution in [3.63, 3.8) is 0 Å². The number of methoxy groups -OCH3 is 2. The maximum Gasteiger partial charge on any atom is 0.342 e. The lowest BCUT2D eigenvalue weighted by atomic mass is 9.92. The van der Waals surface area contributed by atoms with Gasteiger partial charge >= 0.3 is 5.97 Å². The smallest absolute Gasteiger partial charge is 0.342 e. The van der Waals surface area contributed by atoms with Crippen LogP contribution in [-0.2, 0) is 4.74 Å². The van der Waals surface area contributed by atoms with Crippen molar-refractivity contribution in [2.45, 2.75) is 13.3 Å². The minimum absolute atomic E-state index is 0.136. The molecule has 0 amide bonds. The van der Waals surface area contributed by atoms with Gasteiger partial charge in [-0.1, -0.05) is 43.3 Å². The van der Waals surface area contributed by atoms with E-state index >= 15 is 0 Å². The number of phenolic OH excluding ortho intramolecular Hbond substituents is 1. The number of phenols is 1. The highest BCUT2D eigenvalue weighted by Gasteiger charge is 2.22. The fraction of sp³-hybridized carbons (Fsp3) is 0.211. The number of carbonyl (C=O) groups is 1. The minimum atomic E-state index is -0.585. The summed E-state index contributed by atoms with van der Waals surface area (Å²) in [4.78, 5) is 12.1. The van der Waals surface area contributed by atoms with Gasteiger partial charge in [0.2, 0.25) is 0 Å². The third-order valence-electron chi connectivity index (χ3n) is 3.50. The summed E-state index contributed by atoms with van der Waals surface area (Å²) in [6.45, 7) is 2.01. The molecule has 0 aliphatic rings. The van der Waals surface area contributed by atoms with E-state index in [0.717, 1.165) is 17.6 Å². The fourth-order valence-corrected chi connectivity index (χ4v) is 2.45.